The van der Waals surface area contributed by atoms with Crippen LogP contribution >= 0.6 is 15.9 Å². The molecule has 1 aliphatic rings. The normalized spacial score (nSPS) is 16.4. The number of nitrogens with one attached hydrogen (secondary N) is 1. The lowest BCUT2D eigenvalue weighted by Gasteiger charge is -2.19. The maximum atomic E-state index is 5.93. The van der Waals surface area contributed by atoms with Gasteiger partial charge in [-0.1, -0.05) is 41.9 Å². The Morgan fingerprint density at radius 2 is 2.10 bits per heavy atom. The maximum absolute atomic E-state index is 5.93. The minimum atomic E-state index is 0.553. The highest BCUT2D eigenvalue weighted by atomic mass is 79.9. The summed E-state index contributed by atoms with van der Waals surface area (Å²) in [6, 6.07) is 8.62. The average Bonchev–Trinajstić information content (AvgIpc) is 3.22. The molecule has 21 heavy (non-hydrogen) atoms. The minimum Gasteiger partial charge on any atom is -0.381 e. The van der Waals surface area contributed by atoms with Crippen LogP contribution in [0.15, 0.2) is 28.7 Å². The second kappa shape index (κ2) is 8.92. The summed E-state index contributed by atoms with van der Waals surface area (Å²) in [5.74, 6) is 2.10. The summed E-state index contributed by atoms with van der Waals surface area (Å²) >= 11 is 3.56. The molecule has 1 unspecified atom stereocenters. The molecule has 0 radical (unpaired) electrons. The third-order valence-electron chi connectivity index (χ3n) is 3.80. The predicted octanol–water partition coefficient (Wildman–Crippen LogP) is 4.28. The molecule has 1 aromatic carbocycles. The molecule has 3 heteroatoms. The van der Waals surface area contributed by atoms with E-state index in [0.717, 1.165) is 43.1 Å². The Morgan fingerprint density at radius 3 is 2.76 bits per heavy atom. The highest BCUT2D eigenvalue weighted by Gasteiger charge is 2.22. The fraction of sp³-hybridized carbons (Fsp3) is 0.667. The zero-order chi connectivity index (χ0) is 15.1. The molecule has 0 amide bonds. The highest BCUT2D eigenvalue weighted by Crippen LogP contribution is 2.29. The Balaban J connectivity index is 1.80. The Hall–Kier alpha value is -0.380. The summed E-state index contributed by atoms with van der Waals surface area (Å²) in [7, 11) is 0. The first kappa shape index (κ1) is 17.0. The zero-order valence-corrected chi connectivity index (χ0v) is 14.9. The number of halogens is 1. The van der Waals surface area contributed by atoms with E-state index < -0.39 is 0 Å². The van der Waals surface area contributed by atoms with Crippen LogP contribution in [-0.2, 0) is 11.2 Å². The molecule has 0 saturated heterocycles. The maximum Gasteiger partial charge on any atom is 0.0509 e. The van der Waals surface area contributed by atoms with Crippen molar-refractivity contribution in [3.05, 3.63) is 34.3 Å². The molecule has 1 fully saturated rings. The van der Waals surface area contributed by atoms with Gasteiger partial charge in [0.1, 0.15) is 0 Å². The van der Waals surface area contributed by atoms with E-state index in [0.29, 0.717) is 11.8 Å². The van der Waals surface area contributed by atoms with Gasteiger partial charge in [-0.2, -0.15) is 0 Å². The molecule has 1 aromatic rings. The number of ether oxygens (including phenoxy) is 1. The minimum absolute atomic E-state index is 0.553. The van der Waals surface area contributed by atoms with E-state index >= 15 is 0 Å². The summed E-state index contributed by atoms with van der Waals surface area (Å²) in [6.07, 6.45) is 3.80. The van der Waals surface area contributed by atoms with E-state index in [4.69, 9.17) is 4.74 Å². The van der Waals surface area contributed by atoms with Crippen LogP contribution in [0.4, 0.5) is 0 Å². The van der Waals surface area contributed by atoms with E-state index in [9.17, 15) is 0 Å². The Morgan fingerprint density at radius 1 is 1.29 bits per heavy atom. The summed E-state index contributed by atoms with van der Waals surface area (Å²) < 4.78 is 7.09. The fourth-order valence-corrected chi connectivity index (χ4v) is 2.90. The van der Waals surface area contributed by atoms with E-state index in [2.05, 4.69) is 59.4 Å². The van der Waals surface area contributed by atoms with E-state index in [1.54, 1.807) is 0 Å². The predicted molar refractivity (Wildman–Crippen MR) is 92.6 cm³/mol. The molecule has 1 atom stereocenters. The first-order valence-corrected chi connectivity index (χ1v) is 8.95. The van der Waals surface area contributed by atoms with Gasteiger partial charge in [-0.05, 0) is 61.3 Å². The molecule has 1 aliphatic carbocycles. The third-order valence-corrected chi connectivity index (χ3v) is 4.30. The van der Waals surface area contributed by atoms with E-state index in [1.807, 2.05) is 0 Å². The van der Waals surface area contributed by atoms with Crippen LogP contribution in [0.5, 0.6) is 0 Å². The van der Waals surface area contributed by atoms with Gasteiger partial charge in [-0.3, -0.25) is 0 Å². The lowest BCUT2D eigenvalue weighted by molar-refractivity contribution is 0.0905. The molecule has 1 saturated carbocycles. The number of hydrogen-bond donors (Lipinski definition) is 1. The van der Waals surface area contributed by atoms with Crippen LogP contribution in [0.1, 0.15) is 32.3 Å². The van der Waals surface area contributed by atoms with Gasteiger partial charge in [0.05, 0.1) is 6.61 Å². The van der Waals surface area contributed by atoms with E-state index in [1.165, 1.54) is 18.4 Å². The van der Waals surface area contributed by atoms with Crippen LogP contribution in [0, 0.1) is 17.8 Å². The van der Waals surface area contributed by atoms with Gasteiger partial charge in [-0.15, -0.1) is 0 Å². The monoisotopic (exact) mass is 353 g/mol. The standard InChI is InChI=1S/C18H28BrNO/c1-14(2)10-20-11-17(13-21-12-15-6-7-15)8-16-4-3-5-18(19)9-16/h3-5,9,14-15,17,20H,6-8,10-13H2,1-2H3. The van der Waals surface area contributed by atoms with Gasteiger partial charge in [0.25, 0.3) is 0 Å². The van der Waals surface area contributed by atoms with Gasteiger partial charge >= 0.3 is 0 Å². The lowest BCUT2D eigenvalue weighted by atomic mass is 10.00. The Bertz CT molecular complexity index is 409. The second-order valence-corrected chi connectivity index (χ2v) is 7.65. The molecular formula is C18H28BrNO. The Kier molecular flexibility index (Phi) is 7.21. The largest absolute Gasteiger partial charge is 0.381 e. The smallest absolute Gasteiger partial charge is 0.0509 e. The fourth-order valence-electron chi connectivity index (χ4n) is 2.45. The highest BCUT2D eigenvalue weighted by molar-refractivity contribution is 9.10. The molecule has 2 rings (SSSR count). The number of benzene rings is 1. The van der Waals surface area contributed by atoms with Crippen molar-refractivity contribution in [1.29, 1.82) is 0 Å². The quantitative estimate of drug-likeness (QED) is 0.677. The number of hydrogen-bond acceptors (Lipinski definition) is 2. The van der Waals surface area contributed by atoms with Gasteiger partial charge in [0, 0.05) is 17.6 Å². The third kappa shape index (κ3) is 7.44. The summed E-state index contributed by atoms with van der Waals surface area (Å²) in [5.41, 5.74) is 1.38. The molecule has 118 valence electrons. The first-order chi connectivity index (χ1) is 10.1. The summed E-state index contributed by atoms with van der Waals surface area (Å²) in [6.45, 7) is 8.44. The molecule has 2 nitrogen and oxygen atoms in total. The van der Waals surface area contributed by atoms with Gasteiger partial charge in [-0.25, -0.2) is 0 Å². The van der Waals surface area contributed by atoms with Crippen molar-refractivity contribution in [3.63, 3.8) is 0 Å². The van der Waals surface area contributed by atoms with Crippen molar-refractivity contribution in [2.24, 2.45) is 17.8 Å². The second-order valence-electron chi connectivity index (χ2n) is 6.73. The van der Waals surface area contributed by atoms with Crippen LogP contribution in [-0.4, -0.2) is 26.3 Å². The van der Waals surface area contributed by atoms with Crippen molar-refractivity contribution >= 4 is 15.9 Å². The van der Waals surface area contributed by atoms with Crippen molar-refractivity contribution in [3.8, 4) is 0 Å². The molecule has 0 aliphatic heterocycles. The van der Waals surface area contributed by atoms with Gasteiger partial charge in [0.2, 0.25) is 0 Å². The SMILES string of the molecule is CC(C)CNCC(COCC1CC1)Cc1cccc(Br)c1. The van der Waals surface area contributed by atoms with Crippen LogP contribution in [0.25, 0.3) is 0 Å². The molecular weight excluding hydrogens is 326 g/mol. The lowest BCUT2D eigenvalue weighted by Crippen LogP contribution is -2.30. The molecule has 0 bridgehead atoms. The first-order valence-electron chi connectivity index (χ1n) is 8.16. The van der Waals surface area contributed by atoms with Gasteiger partial charge < -0.3 is 10.1 Å². The van der Waals surface area contributed by atoms with Crippen LogP contribution < -0.4 is 5.32 Å². The van der Waals surface area contributed by atoms with E-state index in [-0.39, 0.29) is 0 Å². The van der Waals surface area contributed by atoms with Crippen LogP contribution in [0.3, 0.4) is 0 Å². The van der Waals surface area contributed by atoms with Crippen molar-refractivity contribution in [2.75, 3.05) is 26.3 Å². The summed E-state index contributed by atoms with van der Waals surface area (Å²) in [4.78, 5) is 0. The molecule has 1 N–H and O–H groups in total. The van der Waals surface area contributed by atoms with Crippen molar-refractivity contribution in [2.45, 2.75) is 33.1 Å². The zero-order valence-electron chi connectivity index (χ0n) is 13.3. The molecule has 0 heterocycles. The topological polar surface area (TPSA) is 21.3 Å². The number of rotatable bonds is 10. The van der Waals surface area contributed by atoms with Gasteiger partial charge in [0.15, 0.2) is 0 Å². The summed E-state index contributed by atoms with van der Waals surface area (Å²) in [5, 5.41) is 3.58. The Labute approximate surface area is 137 Å². The van der Waals surface area contributed by atoms with Crippen molar-refractivity contribution in [1.82, 2.24) is 5.32 Å². The van der Waals surface area contributed by atoms with Crippen LogP contribution in [0.2, 0.25) is 0 Å². The van der Waals surface area contributed by atoms with Crippen molar-refractivity contribution < 1.29 is 4.74 Å². The molecule has 0 spiro atoms. The molecule has 0 aromatic heterocycles. The average molecular weight is 354 g/mol.